The fourth-order valence-corrected chi connectivity index (χ4v) is 1.09. The van der Waals surface area contributed by atoms with Crippen molar-refractivity contribution >= 4 is 17.6 Å². The van der Waals surface area contributed by atoms with Crippen molar-refractivity contribution in [3.8, 4) is 17.0 Å². The number of carboxylic acid groups (broad SMARTS) is 1. The van der Waals surface area contributed by atoms with E-state index in [1.807, 2.05) is 0 Å². The number of ether oxygens (including phenoxy) is 1. The summed E-state index contributed by atoms with van der Waals surface area (Å²) in [6, 6.07) is 4.40. The van der Waals surface area contributed by atoms with E-state index in [1.54, 1.807) is 6.07 Å². The van der Waals surface area contributed by atoms with Crippen molar-refractivity contribution in [1.82, 2.24) is 0 Å². The van der Waals surface area contributed by atoms with Gasteiger partial charge in [0.1, 0.15) is 5.75 Å². The highest BCUT2D eigenvalue weighted by molar-refractivity contribution is 6.30. The Morgan fingerprint density at radius 3 is 2.79 bits per heavy atom. The van der Waals surface area contributed by atoms with Gasteiger partial charge in [-0.15, -0.1) is 0 Å². The Kier molecular flexibility index (Phi) is 3.38. The lowest BCUT2D eigenvalue weighted by Crippen LogP contribution is -1.97. The molecule has 0 spiro atoms. The molecule has 0 amide bonds. The van der Waals surface area contributed by atoms with Crippen molar-refractivity contribution in [3.05, 3.63) is 29.3 Å². The third kappa shape index (κ3) is 2.18. The van der Waals surface area contributed by atoms with Gasteiger partial charge < -0.3 is 9.84 Å². The average molecular weight is 211 g/mol. The predicted octanol–water partition coefficient (Wildman–Crippen LogP) is 1.94. The largest absolute Gasteiger partial charge is 0.495 e. The van der Waals surface area contributed by atoms with Gasteiger partial charge in [-0.25, -0.2) is 4.79 Å². The number of aromatic carboxylic acids is 1. The topological polar surface area (TPSA) is 46.5 Å². The van der Waals surface area contributed by atoms with E-state index in [-0.39, 0.29) is 5.56 Å². The van der Waals surface area contributed by atoms with Gasteiger partial charge in [0.2, 0.25) is 0 Å². The van der Waals surface area contributed by atoms with Gasteiger partial charge >= 0.3 is 5.97 Å². The summed E-state index contributed by atoms with van der Waals surface area (Å²) in [6.07, 6.45) is 0. The monoisotopic (exact) mass is 210 g/mol. The minimum Gasteiger partial charge on any atom is -0.495 e. The Hall–Kier alpha value is -1.66. The van der Waals surface area contributed by atoms with Crippen molar-refractivity contribution in [2.75, 3.05) is 7.11 Å². The summed E-state index contributed by atoms with van der Waals surface area (Å²) in [6.45, 7) is 0. The number of halogens is 1. The van der Waals surface area contributed by atoms with Crippen LogP contribution in [0.2, 0.25) is 0 Å². The normalized spacial score (nSPS) is 8.71. The summed E-state index contributed by atoms with van der Waals surface area (Å²) in [5.74, 6) is 2.04. The SMILES string of the molecule is COc1ccc(C(=O)O)cc1C#CCl. The smallest absolute Gasteiger partial charge is 0.335 e. The second kappa shape index (κ2) is 4.54. The molecule has 0 aliphatic rings. The molecular weight excluding hydrogens is 204 g/mol. The van der Waals surface area contributed by atoms with Crippen LogP contribution in [0.3, 0.4) is 0 Å². The van der Waals surface area contributed by atoms with Crippen molar-refractivity contribution in [2.45, 2.75) is 0 Å². The molecule has 0 saturated carbocycles. The molecule has 0 bridgehead atoms. The van der Waals surface area contributed by atoms with Gasteiger partial charge in [-0.1, -0.05) is 0 Å². The molecule has 14 heavy (non-hydrogen) atoms. The van der Waals surface area contributed by atoms with Gasteiger partial charge in [0, 0.05) is 5.38 Å². The predicted molar refractivity (Wildman–Crippen MR) is 52.7 cm³/mol. The summed E-state index contributed by atoms with van der Waals surface area (Å²) in [5, 5.41) is 10.9. The Morgan fingerprint density at radius 2 is 2.29 bits per heavy atom. The minimum atomic E-state index is -1.01. The molecular formula is C10H7ClO3. The zero-order valence-electron chi connectivity index (χ0n) is 7.37. The Morgan fingerprint density at radius 1 is 1.57 bits per heavy atom. The summed E-state index contributed by atoms with van der Waals surface area (Å²) in [4.78, 5) is 10.6. The summed E-state index contributed by atoms with van der Waals surface area (Å²) in [7, 11) is 1.48. The first kappa shape index (κ1) is 10.4. The molecule has 0 aromatic heterocycles. The van der Waals surface area contributed by atoms with Crippen LogP contribution >= 0.6 is 11.6 Å². The third-order valence-corrected chi connectivity index (χ3v) is 1.72. The van der Waals surface area contributed by atoms with E-state index < -0.39 is 5.97 Å². The molecule has 4 heteroatoms. The highest BCUT2D eigenvalue weighted by Crippen LogP contribution is 2.18. The van der Waals surface area contributed by atoms with Crippen LogP contribution in [-0.4, -0.2) is 18.2 Å². The van der Waals surface area contributed by atoms with Crippen LogP contribution in [0.15, 0.2) is 18.2 Å². The van der Waals surface area contributed by atoms with E-state index in [2.05, 4.69) is 11.3 Å². The summed E-state index contributed by atoms with van der Waals surface area (Å²) >= 11 is 5.23. The maximum Gasteiger partial charge on any atom is 0.335 e. The molecule has 1 N–H and O–H groups in total. The first-order valence-corrected chi connectivity index (χ1v) is 4.10. The highest BCUT2D eigenvalue weighted by Gasteiger charge is 2.06. The zero-order valence-corrected chi connectivity index (χ0v) is 8.13. The standard InChI is InChI=1S/C10H7ClO3/c1-14-9-3-2-8(10(12)13)6-7(9)4-5-11/h2-3,6H,1H3,(H,12,13). The van der Waals surface area contributed by atoms with Crippen molar-refractivity contribution in [1.29, 1.82) is 0 Å². The molecule has 3 nitrogen and oxygen atoms in total. The molecule has 1 aromatic rings. The van der Waals surface area contributed by atoms with Gasteiger partial charge in [-0.05, 0) is 35.7 Å². The van der Waals surface area contributed by atoms with Gasteiger partial charge in [0.25, 0.3) is 0 Å². The van der Waals surface area contributed by atoms with Gasteiger partial charge in [-0.3, -0.25) is 0 Å². The first-order valence-electron chi connectivity index (χ1n) is 3.72. The van der Waals surface area contributed by atoms with Gasteiger partial charge in [0.05, 0.1) is 18.2 Å². The Balaban J connectivity index is 3.25. The lowest BCUT2D eigenvalue weighted by molar-refractivity contribution is 0.0697. The summed E-state index contributed by atoms with van der Waals surface area (Å²) < 4.78 is 4.98. The number of benzene rings is 1. The number of hydrogen-bond donors (Lipinski definition) is 1. The highest BCUT2D eigenvalue weighted by atomic mass is 35.5. The fourth-order valence-electron chi connectivity index (χ4n) is 0.990. The van der Waals surface area contributed by atoms with Crippen molar-refractivity contribution in [3.63, 3.8) is 0 Å². The van der Waals surface area contributed by atoms with E-state index in [9.17, 15) is 4.79 Å². The van der Waals surface area contributed by atoms with E-state index in [0.717, 1.165) is 0 Å². The van der Waals surface area contributed by atoms with Crippen LogP contribution in [0.1, 0.15) is 15.9 Å². The Labute approximate surface area is 86.3 Å². The fraction of sp³-hybridized carbons (Fsp3) is 0.100. The molecule has 0 aliphatic carbocycles. The quantitative estimate of drug-likeness (QED) is 0.759. The van der Waals surface area contributed by atoms with E-state index in [4.69, 9.17) is 21.4 Å². The molecule has 1 aromatic carbocycles. The zero-order chi connectivity index (χ0) is 10.6. The second-order valence-electron chi connectivity index (χ2n) is 2.44. The number of hydrogen-bond acceptors (Lipinski definition) is 2. The second-order valence-corrected chi connectivity index (χ2v) is 2.63. The third-order valence-electron chi connectivity index (χ3n) is 1.63. The van der Waals surface area contributed by atoms with Crippen molar-refractivity contribution in [2.24, 2.45) is 0 Å². The maximum absolute atomic E-state index is 10.6. The van der Waals surface area contributed by atoms with E-state index in [0.29, 0.717) is 11.3 Å². The van der Waals surface area contributed by atoms with Crippen LogP contribution in [0.4, 0.5) is 0 Å². The molecule has 72 valence electrons. The van der Waals surface area contributed by atoms with Crippen LogP contribution in [0.5, 0.6) is 5.75 Å². The molecule has 0 fully saturated rings. The van der Waals surface area contributed by atoms with E-state index >= 15 is 0 Å². The molecule has 0 radical (unpaired) electrons. The van der Waals surface area contributed by atoms with Crippen LogP contribution in [0, 0.1) is 11.3 Å². The Bertz CT molecular complexity index is 415. The van der Waals surface area contributed by atoms with Crippen LogP contribution in [0.25, 0.3) is 0 Å². The number of carbonyl (C=O) groups is 1. The summed E-state index contributed by atoms with van der Waals surface area (Å²) in [5.41, 5.74) is 0.614. The molecule has 0 saturated heterocycles. The maximum atomic E-state index is 10.6. The van der Waals surface area contributed by atoms with Gasteiger partial charge in [0.15, 0.2) is 0 Å². The lowest BCUT2D eigenvalue weighted by Gasteiger charge is -2.03. The van der Waals surface area contributed by atoms with Crippen molar-refractivity contribution < 1.29 is 14.6 Å². The molecule has 0 heterocycles. The average Bonchev–Trinajstić information content (AvgIpc) is 2.18. The minimum absolute atomic E-state index is 0.153. The number of carboxylic acids is 1. The number of rotatable bonds is 2. The molecule has 0 aliphatic heterocycles. The number of methoxy groups -OCH3 is 1. The van der Waals surface area contributed by atoms with Gasteiger partial charge in [-0.2, -0.15) is 0 Å². The lowest BCUT2D eigenvalue weighted by atomic mass is 10.1. The van der Waals surface area contributed by atoms with Crippen LogP contribution in [-0.2, 0) is 0 Å². The molecule has 0 atom stereocenters. The molecule has 1 rings (SSSR count). The molecule has 0 unspecified atom stereocenters. The first-order chi connectivity index (χ1) is 6.69. The van der Waals surface area contributed by atoms with E-state index in [1.165, 1.54) is 19.2 Å². The van der Waals surface area contributed by atoms with Crippen LogP contribution < -0.4 is 4.74 Å².